The second-order valence-electron chi connectivity index (χ2n) is 6.94. The van der Waals surface area contributed by atoms with Crippen LogP contribution in [0.1, 0.15) is 23.4 Å². The van der Waals surface area contributed by atoms with Crippen molar-refractivity contribution in [3.05, 3.63) is 53.5 Å². The van der Waals surface area contributed by atoms with E-state index in [0.717, 1.165) is 35.6 Å². The normalized spacial score (nSPS) is 18.0. The highest BCUT2D eigenvalue weighted by Crippen LogP contribution is 2.35. The number of hydrogen-bond donors (Lipinski definition) is 1. The number of benzene rings is 1. The standard InChI is InChI=1S/C20H19N3O3/c1-12-2-7-19-22-15-5-3-13(8-16(15)23(19)10-12)20(24)21-14-4-6-17-18(9-14)26-11-25-17/h2,4,6-7,9-10,13H,3,5,8,11H2,1H3,(H,21,24). The number of anilines is 1. The Morgan fingerprint density at radius 3 is 3.04 bits per heavy atom. The third kappa shape index (κ3) is 2.49. The highest BCUT2D eigenvalue weighted by atomic mass is 16.7. The van der Waals surface area contributed by atoms with Crippen molar-refractivity contribution in [1.29, 1.82) is 0 Å². The Kier molecular flexibility index (Phi) is 3.38. The van der Waals surface area contributed by atoms with Crippen molar-refractivity contribution < 1.29 is 14.3 Å². The Labute approximate surface area is 150 Å². The summed E-state index contributed by atoms with van der Waals surface area (Å²) in [4.78, 5) is 17.5. The van der Waals surface area contributed by atoms with E-state index in [-0.39, 0.29) is 18.6 Å². The predicted molar refractivity (Wildman–Crippen MR) is 96.6 cm³/mol. The van der Waals surface area contributed by atoms with E-state index in [1.165, 1.54) is 5.56 Å². The number of fused-ring (bicyclic) bond motifs is 4. The molecule has 0 spiro atoms. The highest BCUT2D eigenvalue weighted by molar-refractivity contribution is 5.93. The summed E-state index contributed by atoms with van der Waals surface area (Å²) in [6.45, 7) is 2.30. The molecule has 26 heavy (non-hydrogen) atoms. The number of aryl methyl sites for hydroxylation is 2. The van der Waals surface area contributed by atoms with Gasteiger partial charge in [0, 0.05) is 36.0 Å². The average Bonchev–Trinajstić information content (AvgIpc) is 3.24. The van der Waals surface area contributed by atoms with Crippen molar-refractivity contribution in [3.63, 3.8) is 0 Å². The zero-order valence-corrected chi connectivity index (χ0v) is 14.5. The first kappa shape index (κ1) is 15.3. The van der Waals surface area contributed by atoms with Crippen LogP contribution in [0.3, 0.4) is 0 Å². The second kappa shape index (κ2) is 5.76. The third-order valence-corrected chi connectivity index (χ3v) is 5.13. The number of imidazole rings is 1. The largest absolute Gasteiger partial charge is 0.454 e. The quantitative estimate of drug-likeness (QED) is 0.772. The molecule has 0 bridgehead atoms. The average molecular weight is 349 g/mol. The molecule has 0 saturated carbocycles. The molecule has 1 amide bonds. The zero-order chi connectivity index (χ0) is 17.7. The van der Waals surface area contributed by atoms with Crippen LogP contribution in [-0.4, -0.2) is 22.1 Å². The minimum absolute atomic E-state index is 0.0390. The van der Waals surface area contributed by atoms with Gasteiger partial charge in [-0.25, -0.2) is 4.98 Å². The Balaban J connectivity index is 1.37. The number of amides is 1. The van der Waals surface area contributed by atoms with Gasteiger partial charge in [0.15, 0.2) is 11.5 Å². The Bertz CT molecular complexity index is 1020. The molecule has 0 saturated heterocycles. The number of aromatic nitrogens is 2. The first-order valence-corrected chi connectivity index (χ1v) is 8.84. The third-order valence-electron chi connectivity index (χ3n) is 5.13. The van der Waals surface area contributed by atoms with Crippen LogP contribution >= 0.6 is 0 Å². The molecular weight excluding hydrogens is 330 g/mol. The van der Waals surface area contributed by atoms with Gasteiger partial charge in [-0.05, 0) is 43.5 Å². The maximum atomic E-state index is 12.8. The zero-order valence-electron chi connectivity index (χ0n) is 14.5. The van der Waals surface area contributed by atoms with E-state index in [4.69, 9.17) is 14.5 Å². The van der Waals surface area contributed by atoms with E-state index in [9.17, 15) is 4.79 Å². The number of pyridine rings is 1. The maximum Gasteiger partial charge on any atom is 0.231 e. The van der Waals surface area contributed by atoms with Crippen LogP contribution in [-0.2, 0) is 17.6 Å². The Morgan fingerprint density at radius 2 is 2.12 bits per heavy atom. The number of nitrogens with one attached hydrogen (secondary N) is 1. The molecule has 1 atom stereocenters. The van der Waals surface area contributed by atoms with E-state index >= 15 is 0 Å². The molecule has 132 valence electrons. The number of nitrogens with zero attached hydrogens (tertiary/aromatic N) is 2. The smallest absolute Gasteiger partial charge is 0.231 e. The number of hydrogen-bond acceptors (Lipinski definition) is 4. The van der Waals surface area contributed by atoms with Crippen LogP contribution in [0.5, 0.6) is 11.5 Å². The van der Waals surface area contributed by atoms with Gasteiger partial charge in [0.2, 0.25) is 12.7 Å². The first-order chi connectivity index (χ1) is 12.7. The molecule has 3 aromatic rings. The first-order valence-electron chi connectivity index (χ1n) is 8.84. The van der Waals surface area contributed by atoms with Crippen molar-refractivity contribution in [2.75, 3.05) is 12.1 Å². The van der Waals surface area contributed by atoms with Gasteiger partial charge in [0.05, 0.1) is 5.69 Å². The molecule has 2 aliphatic rings. The predicted octanol–water partition coefficient (Wildman–Crippen LogP) is 3.12. The summed E-state index contributed by atoms with van der Waals surface area (Å²) in [5.41, 5.74) is 5.14. The van der Waals surface area contributed by atoms with E-state index < -0.39 is 0 Å². The van der Waals surface area contributed by atoms with Crippen LogP contribution in [0.15, 0.2) is 36.5 Å². The fraction of sp³-hybridized carbons (Fsp3) is 0.300. The molecule has 6 heteroatoms. The van der Waals surface area contributed by atoms with Crippen LogP contribution in [0.25, 0.3) is 5.65 Å². The second-order valence-corrected chi connectivity index (χ2v) is 6.94. The summed E-state index contributed by atoms with van der Waals surface area (Å²) < 4.78 is 12.8. The lowest BCUT2D eigenvalue weighted by molar-refractivity contribution is -0.120. The molecule has 2 aromatic heterocycles. The number of rotatable bonds is 2. The van der Waals surface area contributed by atoms with Gasteiger partial charge < -0.3 is 19.2 Å². The highest BCUT2D eigenvalue weighted by Gasteiger charge is 2.28. The fourth-order valence-corrected chi connectivity index (χ4v) is 3.75. The number of carbonyl (C=O) groups is 1. The summed E-state index contributed by atoms with van der Waals surface area (Å²) in [5.74, 6) is 1.36. The lowest BCUT2D eigenvalue weighted by atomic mass is 9.89. The van der Waals surface area contributed by atoms with E-state index in [1.807, 2.05) is 24.3 Å². The van der Waals surface area contributed by atoms with Crippen LogP contribution in [0, 0.1) is 12.8 Å². The van der Waals surface area contributed by atoms with Crippen LogP contribution in [0.2, 0.25) is 0 Å². The van der Waals surface area contributed by atoms with Crippen LogP contribution in [0.4, 0.5) is 5.69 Å². The molecular formula is C20H19N3O3. The summed E-state index contributed by atoms with van der Waals surface area (Å²) in [6.07, 6.45) is 4.44. The molecule has 1 aromatic carbocycles. The molecule has 1 aliphatic carbocycles. The van der Waals surface area contributed by atoms with Gasteiger partial charge in [-0.1, -0.05) is 6.07 Å². The van der Waals surface area contributed by atoms with Crippen molar-refractivity contribution in [3.8, 4) is 11.5 Å². The van der Waals surface area contributed by atoms with E-state index in [2.05, 4.69) is 28.9 Å². The topological polar surface area (TPSA) is 64.9 Å². The number of ether oxygens (including phenoxy) is 2. The van der Waals surface area contributed by atoms with Crippen molar-refractivity contribution >= 4 is 17.2 Å². The van der Waals surface area contributed by atoms with Crippen molar-refractivity contribution in [1.82, 2.24) is 9.38 Å². The molecule has 1 aliphatic heterocycles. The molecule has 0 radical (unpaired) electrons. The molecule has 1 unspecified atom stereocenters. The van der Waals surface area contributed by atoms with E-state index in [1.54, 1.807) is 0 Å². The Hall–Kier alpha value is -3.02. The summed E-state index contributed by atoms with van der Waals surface area (Å²) in [5, 5.41) is 3.02. The summed E-state index contributed by atoms with van der Waals surface area (Å²) >= 11 is 0. The SMILES string of the molecule is Cc1ccc2nc3c(n2c1)CC(C(=O)Nc1ccc2c(c1)OCO2)CC3. The minimum Gasteiger partial charge on any atom is -0.454 e. The summed E-state index contributed by atoms with van der Waals surface area (Å²) in [7, 11) is 0. The van der Waals surface area contributed by atoms with E-state index in [0.29, 0.717) is 17.9 Å². The lowest BCUT2D eigenvalue weighted by Crippen LogP contribution is -2.28. The fourth-order valence-electron chi connectivity index (χ4n) is 3.75. The van der Waals surface area contributed by atoms with Gasteiger partial charge in [-0.2, -0.15) is 0 Å². The molecule has 5 rings (SSSR count). The number of carbonyl (C=O) groups excluding carboxylic acids is 1. The lowest BCUT2D eigenvalue weighted by Gasteiger charge is -2.21. The monoisotopic (exact) mass is 349 g/mol. The van der Waals surface area contributed by atoms with Crippen LogP contribution < -0.4 is 14.8 Å². The van der Waals surface area contributed by atoms with Gasteiger partial charge >= 0.3 is 0 Å². The summed E-state index contributed by atoms with van der Waals surface area (Å²) in [6, 6.07) is 9.58. The molecule has 0 fully saturated rings. The van der Waals surface area contributed by atoms with Crippen molar-refractivity contribution in [2.45, 2.75) is 26.2 Å². The minimum atomic E-state index is -0.0617. The molecule has 6 nitrogen and oxygen atoms in total. The van der Waals surface area contributed by atoms with Gasteiger partial charge in [0.1, 0.15) is 5.65 Å². The van der Waals surface area contributed by atoms with Gasteiger partial charge in [0.25, 0.3) is 0 Å². The maximum absolute atomic E-state index is 12.8. The molecule has 3 heterocycles. The Morgan fingerprint density at radius 1 is 1.23 bits per heavy atom. The van der Waals surface area contributed by atoms with Gasteiger partial charge in [-0.15, -0.1) is 0 Å². The van der Waals surface area contributed by atoms with Crippen molar-refractivity contribution in [2.24, 2.45) is 5.92 Å². The van der Waals surface area contributed by atoms with Gasteiger partial charge in [-0.3, -0.25) is 4.79 Å². The molecule has 1 N–H and O–H groups in total.